The summed E-state index contributed by atoms with van der Waals surface area (Å²) >= 11 is 0. The van der Waals surface area contributed by atoms with Gasteiger partial charge in [0.2, 0.25) is 5.91 Å². The summed E-state index contributed by atoms with van der Waals surface area (Å²) in [6.45, 7) is 1.13. The maximum Gasteiger partial charge on any atom is 0.227 e. The van der Waals surface area contributed by atoms with Crippen LogP contribution in [0.1, 0.15) is 29.5 Å². The van der Waals surface area contributed by atoms with Crippen LogP contribution < -0.4 is 0 Å². The molecule has 0 N–H and O–H groups in total. The highest BCUT2D eigenvalue weighted by atomic mass is 16.2. The van der Waals surface area contributed by atoms with Crippen LogP contribution in [-0.2, 0) is 21.4 Å². The highest BCUT2D eigenvalue weighted by Gasteiger charge is 2.55. The Morgan fingerprint density at radius 1 is 0.935 bits per heavy atom. The predicted molar refractivity (Wildman–Crippen MR) is 119 cm³/mol. The van der Waals surface area contributed by atoms with Crippen LogP contribution in [0, 0.1) is 11.8 Å². The van der Waals surface area contributed by atoms with Crippen LogP contribution in [-0.4, -0.2) is 34.7 Å². The minimum atomic E-state index is -0.259. The SMILES string of the molecule is O=C1CCC(c2ccccc2)(c2ccccc2)C2CN(C(=O)Cc3cccnc3)CC12. The number of carbonyl (C=O) groups is 2. The van der Waals surface area contributed by atoms with Gasteiger partial charge in [0.05, 0.1) is 6.42 Å². The van der Waals surface area contributed by atoms with Gasteiger partial charge < -0.3 is 4.90 Å². The molecule has 0 spiro atoms. The van der Waals surface area contributed by atoms with E-state index >= 15 is 0 Å². The van der Waals surface area contributed by atoms with Gasteiger partial charge in [0.1, 0.15) is 5.78 Å². The van der Waals surface area contributed by atoms with Crippen molar-refractivity contribution in [3.05, 3.63) is 102 Å². The zero-order valence-electron chi connectivity index (χ0n) is 17.5. The monoisotopic (exact) mass is 410 g/mol. The molecule has 2 atom stereocenters. The quantitative estimate of drug-likeness (QED) is 0.652. The number of carbonyl (C=O) groups excluding carboxylic acids is 2. The second-order valence-corrected chi connectivity index (χ2v) is 8.72. The first kappa shape index (κ1) is 19.7. The molecule has 1 saturated heterocycles. The van der Waals surface area contributed by atoms with E-state index in [-0.39, 0.29) is 23.2 Å². The molecule has 1 aliphatic heterocycles. The van der Waals surface area contributed by atoms with E-state index in [2.05, 4.69) is 53.5 Å². The fourth-order valence-electron chi connectivity index (χ4n) is 5.67. The first-order chi connectivity index (χ1) is 15.2. The Hall–Kier alpha value is -3.27. The number of Topliss-reactive ketones (excluding diaryl/α,β-unsaturated/α-hetero) is 1. The zero-order valence-corrected chi connectivity index (χ0v) is 17.5. The number of amides is 1. The second-order valence-electron chi connectivity index (χ2n) is 8.72. The first-order valence-corrected chi connectivity index (χ1v) is 11.0. The Morgan fingerprint density at radius 3 is 2.23 bits per heavy atom. The second kappa shape index (κ2) is 8.10. The lowest BCUT2D eigenvalue weighted by Gasteiger charge is -2.45. The molecule has 2 aromatic carbocycles. The molecule has 1 aliphatic carbocycles. The third-order valence-corrected chi connectivity index (χ3v) is 7.14. The van der Waals surface area contributed by atoms with Gasteiger partial charge >= 0.3 is 0 Å². The molecule has 0 bridgehead atoms. The summed E-state index contributed by atoms with van der Waals surface area (Å²) in [5, 5.41) is 0. The molecule has 0 radical (unpaired) electrons. The summed E-state index contributed by atoms with van der Waals surface area (Å²) in [4.78, 5) is 32.2. The number of hydrogen-bond acceptors (Lipinski definition) is 3. The van der Waals surface area contributed by atoms with E-state index in [9.17, 15) is 9.59 Å². The highest BCUT2D eigenvalue weighted by Crippen LogP contribution is 2.52. The Bertz CT molecular complexity index is 1030. The van der Waals surface area contributed by atoms with E-state index in [4.69, 9.17) is 0 Å². The van der Waals surface area contributed by atoms with Crippen molar-refractivity contribution in [2.75, 3.05) is 13.1 Å². The van der Waals surface area contributed by atoms with Gasteiger partial charge in [0.15, 0.2) is 0 Å². The van der Waals surface area contributed by atoms with Crippen molar-refractivity contribution in [2.24, 2.45) is 11.8 Å². The number of benzene rings is 2. The minimum Gasteiger partial charge on any atom is -0.341 e. The number of fused-ring (bicyclic) bond motifs is 1. The Labute approximate surface area is 182 Å². The lowest BCUT2D eigenvalue weighted by Crippen LogP contribution is -2.47. The Morgan fingerprint density at radius 2 is 1.61 bits per heavy atom. The van der Waals surface area contributed by atoms with Gasteiger partial charge in [-0.2, -0.15) is 0 Å². The summed E-state index contributed by atoms with van der Waals surface area (Å²) in [6.07, 6.45) is 5.11. The van der Waals surface area contributed by atoms with Crippen molar-refractivity contribution in [3.63, 3.8) is 0 Å². The minimum absolute atomic E-state index is 0.0743. The standard InChI is InChI=1S/C27H26N2O2/c30-25-13-14-27(21-9-3-1-4-10-21,22-11-5-2-6-12-22)24-19-29(18-23(24)25)26(31)16-20-8-7-15-28-17-20/h1-12,15,17,23-24H,13-14,16,18-19H2. The smallest absolute Gasteiger partial charge is 0.227 e. The van der Waals surface area contributed by atoms with Crippen LogP contribution in [0.4, 0.5) is 0 Å². The Balaban J connectivity index is 1.52. The van der Waals surface area contributed by atoms with E-state index in [1.165, 1.54) is 11.1 Å². The molecule has 156 valence electrons. The zero-order chi connectivity index (χ0) is 21.3. The van der Waals surface area contributed by atoms with Crippen LogP contribution in [0.15, 0.2) is 85.2 Å². The molecule has 2 unspecified atom stereocenters. The van der Waals surface area contributed by atoms with Crippen LogP contribution >= 0.6 is 0 Å². The van der Waals surface area contributed by atoms with Gasteiger partial charge in [0.25, 0.3) is 0 Å². The van der Waals surface area contributed by atoms with Gasteiger partial charge in [-0.05, 0) is 29.2 Å². The lowest BCUT2D eigenvalue weighted by molar-refractivity contribution is -0.129. The molecule has 4 heteroatoms. The molecular formula is C27H26N2O2. The summed E-state index contributed by atoms with van der Waals surface area (Å²) < 4.78 is 0. The Kier molecular flexibility index (Phi) is 5.14. The number of hydrogen-bond donors (Lipinski definition) is 0. The van der Waals surface area contributed by atoms with Crippen LogP contribution in [0.25, 0.3) is 0 Å². The van der Waals surface area contributed by atoms with Gasteiger partial charge in [-0.15, -0.1) is 0 Å². The molecule has 3 aromatic rings. The number of ketones is 1. The third kappa shape index (κ3) is 3.46. The van der Waals surface area contributed by atoms with Crippen molar-refractivity contribution in [3.8, 4) is 0 Å². The van der Waals surface area contributed by atoms with Gasteiger partial charge in [-0.1, -0.05) is 66.7 Å². The molecule has 31 heavy (non-hydrogen) atoms. The lowest BCUT2D eigenvalue weighted by atomic mass is 9.56. The predicted octanol–water partition coefficient (Wildman–Crippen LogP) is 4.05. The summed E-state index contributed by atoms with van der Waals surface area (Å²) in [5.74, 6) is 0.331. The van der Waals surface area contributed by atoms with E-state index < -0.39 is 0 Å². The largest absolute Gasteiger partial charge is 0.341 e. The fraction of sp³-hybridized carbons (Fsp3) is 0.296. The normalized spacial score (nSPS) is 22.2. The fourth-order valence-corrected chi connectivity index (χ4v) is 5.67. The van der Waals surface area contributed by atoms with Crippen LogP contribution in [0.2, 0.25) is 0 Å². The van der Waals surface area contributed by atoms with Crippen molar-refractivity contribution in [1.29, 1.82) is 0 Å². The molecule has 2 fully saturated rings. The molecule has 5 rings (SSSR count). The molecule has 1 saturated carbocycles. The number of pyridine rings is 1. The molecule has 2 heterocycles. The summed E-state index contributed by atoms with van der Waals surface area (Å²) in [7, 11) is 0. The maximum atomic E-state index is 13.1. The molecule has 2 aliphatic rings. The van der Waals surface area contributed by atoms with Crippen molar-refractivity contribution in [2.45, 2.75) is 24.7 Å². The van der Waals surface area contributed by atoms with Gasteiger partial charge in [0, 0.05) is 49.2 Å². The van der Waals surface area contributed by atoms with Crippen molar-refractivity contribution >= 4 is 11.7 Å². The van der Waals surface area contributed by atoms with Gasteiger partial charge in [-0.3, -0.25) is 14.6 Å². The highest BCUT2D eigenvalue weighted by molar-refractivity contribution is 5.86. The van der Waals surface area contributed by atoms with E-state index in [0.29, 0.717) is 31.7 Å². The molecule has 4 nitrogen and oxygen atoms in total. The van der Waals surface area contributed by atoms with Crippen LogP contribution in [0.5, 0.6) is 0 Å². The maximum absolute atomic E-state index is 13.1. The summed E-state index contributed by atoms with van der Waals surface area (Å²) in [5.41, 5.74) is 3.13. The first-order valence-electron chi connectivity index (χ1n) is 11.0. The van der Waals surface area contributed by atoms with E-state index in [0.717, 1.165) is 12.0 Å². The average Bonchev–Trinajstić information content (AvgIpc) is 3.29. The molecule has 1 aromatic heterocycles. The van der Waals surface area contributed by atoms with Crippen LogP contribution in [0.3, 0.4) is 0 Å². The number of aromatic nitrogens is 1. The number of likely N-dealkylation sites (tertiary alicyclic amines) is 1. The third-order valence-electron chi connectivity index (χ3n) is 7.14. The van der Waals surface area contributed by atoms with Gasteiger partial charge in [-0.25, -0.2) is 0 Å². The summed E-state index contributed by atoms with van der Waals surface area (Å²) in [6, 6.07) is 24.9. The van der Waals surface area contributed by atoms with Crippen molar-refractivity contribution < 1.29 is 9.59 Å². The average molecular weight is 411 g/mol. The van der Waals surface area contributed by atoms with E-state index in [1.54, 1.807) is 12.4 Å². The molecular weight excluding hydrogens is 384 g/mol. The topological polar surface area (TPSA) is 50.3 Å². The number of rotatable bonds is 4. The van der Waals surface area contributed by atoms with Crippen molar-refractivity contribution in [1.82, 2.24) is 9.88 Å². The molecule has 1 amide bonds. The van der Waals surface area contributed by atoms with E-state index in [1.807, 2.05) is 29.2 Å². The number of nitrogens with zero attached hydrogens (tertiary/aromatic N) is 2.